The fraction of sp³-hybridized carbons (Fsp3) is 0. The van der Waals surface area contributed by atoms with E-state index in [9.17, 15) is 8.42 Å². The van der Waals surface area contributed by atoms with Crippen LogP contribution < -0.4 is 5.14 Å². The quantitative estimate of drug-likeness (QED) is 0.684. The van der Waals surface area contributed by atoms with Crippen molar-refractivity contribution in [3.63, 3.8) is 0 Å². The van der Waals surface area contributed by atoms with E-state index in [0.29, 0.717) is 5.65 Å². The third-order valence-electron chi connectivity index (χ3n) is 1.70. The number of nitrogens with two attached hydrogens (primary N) is 1. The molecule has 0 aliphatic heterocycles. The Morgan fingerprint density at radius 2 is 2.23 bits per heavy atom. The van der Waals surface area contributed by atoms with Crippen molar-refractivity contribution in [2.75, 3.05) is 0 Å². The van der Waals surface area contributed by atoms with Crippen molar-refractivity contribution in [1.29, 1.82) is 0 Å². The molecule has 13 heavy (non-hydrogen) atoms. The predicted octanol–water partition coefficient (Wildman–Crippen LogP) is 0.210. The molecule has 0 atom stereocenters. The number of fused-ring (bicyclic) bond motifs is 1. The van der Waals surface area contributed by atoms with Gasteiger partial charge in [-0.25, -0.2) is 18.5 Å². The largest absolute Gasteiger partial charge is 0.346 e. The second-order valence-electron chi connectivity index (χ2n) is 2.63. The van der Waals surface area contributed by atoms with E-state index in [1.165, 1.54) is 12.3 Å². The van der Waals surface area contributed by atoms with Crippen molar-refractivity contribution in [3.8, 4) is 0 Å². The number of aromatic amines is 1. The van der Waals surface area contributed by atoms with Gasteiger partial charge in [0, 0.05) is 17.8 Å². The van der Waals surface area contributed by atoms with E-state index in [1.807, 2.05) is 0 Å². The second kappa shape index (κ2) is 2.54. The van der Waals surface area contributed by atoms with E-state index in [2.05, 4.69) is 9.97 Å². The van der Waals surface area contributed by atoms with Crippen LogP contribution in [0.1, 0.15) is 0 Å². The number of pyridine rings is 1. The van der Waals surface area contributed by atoms with E-state index in [1.54, 1.807) is 12.3 Å². The number of aromatic nitrogens is 2. The molecule has 0 bridgehead atoms. The topological polar surface area (TPSA) is 88.8 Å². The van der Waals surface area contributed by atoms with Crippen molar-refractivity contribution in [3.05, 3.63) is 24.5 Å². The van der Waals surface area contributed by atoms with Gasteiger partial charge in [-0.1, -0.05) is 0 Å². The summed E-state index contributed by atoms with van der Waals surface area (Å²) in [5.74, 6) is 0. The van der Waals surface area contributed by atoms with Gasteiger partial charge in [-0.05, 0) is 12.1 Å². The van der Waals surface area contributed by atoms with Gasteiger partial charge >= 0.3 is 0 Å². The molecule has 2 aromatic heterocycles. The number of nitrogens with one attached hydrogen (secondary N) is 1. The van der Waals surface area contributed by atoms with Crippen LogP contribution in [-0.4, -0.2) is 18.4 Å². The average molecular weight is 197 g/mol. The summed E-state index contributed by atoms with van der Waals surface area (Å²) in [4.78, 5) is 6.77. The Bertz CT molecular complexity index is 544. The summed E-state index contributed by atoms with van der Waals surface area (Å²) in [5.41, 5.74) is 0.646. The number of hydrogen-bond donors (Lipinski definition) is 2. The molecular weight excluding hydrogens is 190 g/mol. The van der Waals surface area contributed by atoms with Gasteiger partial charge in [0.15, 0.2) is 0 Å². The Morgan fingerprint density at radius 3 is 2.92 bits per heavy atom. The van der Waals surface area contributed by atoms with E-state index in [-0.39, 0.29) is 4.90 Å². The molecular formula is C7H7N3O2S. The second-order valence-corrected chi connectivity index (χ2v) is 4.19. The molecule has 2 heterocycles. The third-order valence-corrected chi connectivity index (χ3v) is 2.58. The summed E-state index contributed by atoms with van der Waals surface area (Å²) >= 11 is 0. The fourth-order valence-electron chi connectivity index (χ4n) is 1.08. The summed E-state index contributed by atoms with van der Waals surface area (Å²) in [5, 5.41) is 5.67. The number of primary sulfonamides is 1. The van der Waals surface area contributed by atoms with Gasteiger partial charge < -0.3 is 4.98 Å². The normalized spacial score (nSPS) is 12.1. The highest BCUT2D eigenvalue weighted by Gasteiger charge is 2.08. The zero-order valence-electron chi connectivity index (χ0n) is 6.56. The Labute approximate surface area is 74.6 Å². The van der Waals surface area contributed by atoms with E-state index in [4.69, 9.17) is 5.14 Å². The zero-order valence-corrected chi connectivity index (χ0v) is 7.38. The van der Waals surface area contributed by atoms with E-state index < -0.39 is 10.0 Å². The lowest BCUT2D eigenvalue weighted by molar-refractivity contribution is 0.597. The maximum absolute atomic E-state index is 10.9. The van der Waals surface area contributed by atoms with Crippen molar-refractivity contribution in [2.45, 2.75) is 4.90 Å². The molecule has 3 N–H and O–H groups in total. The van der Waals surface area contributed by atoms with Crippen LogP contribution in [-0.2, 0) is 10.0 Å². The van der Waals surface area contributed by atoms with Crippen LogP contribution in [0.25, 0.3) is 11.0 Å². The molecule has 0 aromatic carbocycles. The molecule has 5 nitrogen and oxygen atoms in total. The molecule has 0 amide bonds. The highest BCUT2D eigenvalue weighted by molar-refractivity contribution is 7.89. The minimum Gasteiger partial charge on any atom is -0.346 e. The lowest BCUT2D eigenvalue weighted by Gasteiger charge is -1.96. The highest BCUT2D eigenvalue weighted by atomic mass is 32.2. The smallest absolute Gasteiger partial charge is 0.239 e. The van der Waals surface area contributed by atoms with Gasteiger partial charge in [0.05, 0.1) is 0 Å². The standard InChI is InChI=1S/C7H7N3O2S/c8-13(11,12)6-3-5-1-2-9-7(5)10-4-6/h1-4H,(H,9,10)(H2,8,11,12). The summed E-state index contributed by atoms with van der Waals surface area (Å²) in [6.07, 6.45) is 2.92. The molecule has 0 aliphatic rings. The molecule has 2 aromatic rings. The number of rotatable bonds is 1. The molecule has 0 fully saturated rings. The van der Waals surface area contributed by atoms with Gasteiger partial charge in [0.1, 0.15) is 10.5 Å². The molecule has 6 heteroatoms. The molecule has 2 rings (SSSR count). The summed E-state index contributed by atoms with van der Waals surface area (Å²) in [6.45, 7) is 0. The number of nitrogens with zero attached hydrogens (tertiary/aromatic N) is 1. The van der Waals surface area contributed by atoms with Crippen LogP contribution in [0.5, 0.6) is 0 Å². The molecule has 68 valence electrons. The Balaban J connectivity index is 2.75. The first kappa shape index (κ1) is 8.21. The van der Waals surface area contributed by atoms with E-state index in [0.717, 1.165) is 5.39 Å². The maximum Gasteiger partial charge on any atom is 0.239 e. The number of sulfonamides is 1. The Kier molecular flexibility index (Phi) is 1.61. The van der Waals surface area contributed by atoms with Gasteiger partial charge in [-0.15, -0.1) is 0 Å². The third kappa shape index (κ3) is 1.41. The minimum absolute atomic E-state index is 0.0274. The summed E-state index contributed by atoms with van der Waals surface area (Å²) in [6, 6.07) is 3.21. The minimum atomic E-state index is -3.65. The van der Waals surface area contributed by atoms with Crippen LogP contribution >= 0.6 is 0 Å². The van der Waals surface area contributed by atoms with Crippen LogP contribution in [0.4, 0.5) is 0 Å². The lowest BCUT2D eigenvalue weighted by Crippen LogP contribution is -2.12. The monoisotopic (exact) mass is 197 g/mol. The van der Waals surface area contributed by atoms with Gasteiger partial charge in [-0.2, -0.15) is 0 Å². The first-order valence-corrected chi connectivity index (χ1v) is 5.08. The van der Waals surface area contributed by atoms with Crippen molar-refractivity contribution in [2.24, 2.45) is 5.14 Å². The first-order chi connectivity index (χ1) is 6.07. The predicted molar refractivity (Wildman–Crippen MR) is 47.5 cm³/mol. The SMILES string of the molecule is NS(=O)(=O)c1cnc2[nH]ccc2c1. The average Bonchev–Trinajstić information content (AvgIpc) is 2.47. The lowest BCUT2D eigenvalue weighted by atomic mass is 10.3. The summed E-state index contributed by atoms with van der Waals surface area (Å²) in [7, 11) is -3.65. The number of hydrogen-bond acceptors (Lipinski definition) is 3. The molecule has 0 aliphatic carbocycles. The zero-order chi connectivity index (χ0) is 9.47. The van der Waals surface area contributed by atoms with Crippen LogP contribution in [0.2, 0.25) is 0 Å². The maximum atomic E-state index is 10.9. The fourth-order valence-corrected chi connectivity index (χ4v) is 1.57. The van der Waals surface area contributed by atoms with Crippen molar-refractivity contribution >= 4 is 21.1 Å². The van der Waals surface area contributed by atoms with Gasteiger partial charge in [0.25, 0.3) is 0 Å². The van der Waals surface area contributed by atoms with Crippen molar-refractivity contribution in [1.82, 2.24) is 9.97 Å². The summed E-state index contributed by atoms with van der Waals surface area (Å²) < 4.78 is 21.9. The van der Waals surface area contributed by atoms with E-state index >= 15 is 0 Å². The van der Waals surface area contributed by atoms with Crippen molar-refractivity contribution < 1.29 is 8.42 Å². The van der Waals surface area contributed by atoms with Gasteiger partial charge in [-0.3, -0.25) is 0 Å². The van der Waals surface area contributed by atoms with Crippen LogP contribution in [0.15, 0.2) is 29.4 Å². The Morgan fingerprint density at radius 1 is 1.46 bits per heavy atom. The number of H-pyrrole nitrogens is 1. The molecule has 0 radical (unpaired) electrons. The Hall–Kier alpha value is -1.40. The van der Waals surface area contributed by atoms with Gasteiger partial charge in [0.2, 0.25) is 10.0 Å². The molecule has 0 saturated heterocycles. The highest BCUT2D eigenvalue weighted by Crippen LogP contribution is 2.13. The first-order valence-electron chi connectivity index (χ1n) is 3.53. The van der Waals surface area contributed by atoms with Crippen LogP contribution in [0, 0.1) is 0 Å². The molecule has 0 saturated carbocycles. The molecule has 0 spiro atoms. The van der Waals surface area contributed by atoms with Crippen LogP contribution in [0.3, 0.4) is 0 Å². The molecule has 0 unspecified atom stereocenters.